The van der Waals surface area contributed by atoms with Crippen LogP contribution in [0, 0.1) is 5.41 Å². The monoisotopic (exact) mass is 303 g/mol. The van der Waals surface area contributed by atoms with Gasteiger partial charge in [-0.3, -0.25) is 9.59 Å². The summed E-state index contributed by atoms with van der Waals surface area (Å²) in [5.41, 5.74) is -0.220. The van der Waals surface area contributed by atoms with Gasteiger partial charge in [0.25, 0.3) is 0 Å². The summed E-state index contributed by atoms with van der Waals surface area (Å²) in [5, 5.41) is 23.3. The molecule has 0 spiro atoms. The lowest BCUT2D eigenvalue weighted by Gasteiger charge is -2.19. The molecule has 0 fully saturated rings. The van der Waals surface area contributed by atoms with Gasteiger partial charge >= 0.3 is 5.97 Å². The molecular weight excluding hydrogens is 286 g/mol. The van der Waals surface area contributed by atoms with Gasteiger partial charge in [0.15, 0.2) is 0 Å². The van der Waals surface area contributed by atoms with Gasteiger partial charge < -0.3 is 10.4 Å². The lowest BCUT2D eigenvalue weighted by Crippen LogP contribution is -2.40. The van der Waals surface area contributed by atoms with Crippen molar-refractivity contribution in [3.8, 4) is 11.4 Å². The molecule has 2 rings (SSSR count). The van der Waals surface area contributed by atoms with Crippen LogP contribution in [0.5, 0.6) is 0 Å². The van der Waals surface area contributed by atoms with Crippen LogP contribution >= 0.6 is 0 Å². The number of hydrogen-bond acceptors (Lipinski definition) is 5. The van der Waals surface area contributed by atoms with Crippen LogP contribution in [0.2, 0.25) is 0 Å². The number of nitrogens with one attached hydrogen (secondary N) is 1. The Hall–Kier alpha value is -2.77. The number of carboxylic acids is 1. The smallest absolute Gasteiger partial charge is 0.310 e. The number of aliphatic carboxylic acids is 1. The summed E-state index contributed by atoms with van der Waals surface area (Å²) in [4.78, 5) is 23.9. The van der Waals surface area contributed by atoms with Crippen molar-refractivity contribution >= 4 is 11.9 Å². The highest BCUT2D eigenvalue weighted by Crippen LogP contribution is 2.13. The van der Waals surface area contributed by atoms with Crippen LogP contribution in [-0.2, 0) is 16.1 Å². The third kappa shape index (κ3) is 3.87. The van der Waals surface area contributed by atoms with Crippen molar-refractivity contribution in [3.05, 3.63) is 30.3 Å². The van der Waals surface area contributed by atoms with E-state index in [1.54, 1.807) is 0 Å². The van der Waals surface area contributed by atoms with Gasteiger partial charge in [0.2, 0.25) is 11.7 Å². The number of amides is 1. The van der Waals surface area contributed by atoms with Gasteiger partial charge in [-0.1, -0.05) is 30.3 Å². The van der Waals surface area contributed by atoms with Gasteiger partial charge in [0.1, 0.15) is 6.54 Å². The first-order chi connectivity index (χ1) is 10.4. The zero-order valence-electron chi connectivity index (χ0n) is 12.4. The fourth-order valence-corrected chi connectivity index (χ4v) is 1.59. The van der Waals surface area contributed by atoms with E-state index in [-0.39, 0.29) is 19.0 Å². The maximum atomic E-state index is 11.8. The third-order valence-corrected chi connectivity index (χ3v) is 3.08. The number of carbonyl (C=O) groups excluding carboxylic acids is 1. The third-order valence-electron chi connectivity index (χ3n) is 3.08. The van der Waals surface area contributed by atoms with E-state index >= 15 is 0 Å². The molecule has 22 heavy (non-hydrogen) atoms. The summed E-state index contributed by atoms with van der Waals surface area (Å²) in [6.45, 7) is 2.99. The lowest BCUT2D eigenvalue weighted by molar-refractivity contribution is -0.146. The second kappa shape index (κ2) is 6.33. The van der Waals surface area contributed by atoms with Gasteiger partial charge in [0, 0.05) is 12.1 Å². The highest BCUT2D eigenvalue weighted by Gasteiger charge is 2.27. The number of rotatable bonds is 6. The number of benzene rings is 1. The van der Waals surface area contributed by atoms with Gasteiger partial charge in [-0.25, -0.2) is 0 Å². The minimum Gasteiger partial charge on any atom is -0.481 e. The Bertz CT molecular complexity index is 666. The molecule has 1 heterocycles. The molecule has 8 heteroatoms. The molecule has 0 atom stereocenters. The quantitative estimate of drug-likeness (QED) is 0.807. The van der Waals surface area contributed by atoms with Crippen molar-refractivity contribution in [3.63, 3.8) is 0 Å². The molecule has 2 aromatic rings. The fourth-order valence-electron chi connectivity index (χ4n) is 1.59. The normalized spacial score (nSPS) is 11.2. The van der Waals surface area contributed by atoms with Crippen LogP contribution in [0.3, 0.4) is 0 Å². The summed E-state index contributed by atoms with van der Waals surface area (Å²) < 4.78 is 0. The Morgan fingerprint density at radius 1 is 1.27 bits per heavy atom. The van der Waals surface area contributed by atoms with Crippen molar-refractivity contribution < 1.29 is 14.7 Å². The lowest BCUT2D eigenvalue weighted by atomic mass is 9.94. The Morgan fingerprint density at radius 2 is 1.95 bits per heavy atom. The SMILES string of the molecule is CC(C)(CNC(=O)Cn1nnc(-c2ccccc2)n1)C(=O)O. The van der Waals surface area contributed by atoms with Crippen LogP contribution in [0.15, 0.2) is 30.3 Å². The number of hydrogen-bond donors (Lipinski definition) is 2. The predicted molar refractivity (Wildman–Crippen MR) is 77.7 cm³/mol. The molecule has 0 saturated heterocycles. The van der Waals surface area contributed by atoms with Crippen molar-refractivity contribution in [1.82, 2.24) is 25.5 Å². The van der Waals surface area contributed by atoms with Gasteiger partial charge in [-0.15, -0.1) is 10.2 Å². The van der Waals surface area contributed by atoms with Crippen molar-refractivity contribution in [2.24, 2.45) is 5.41 Å². The molecule has 0 aliphatic carbocycles. The van der Waals surface area contributed by atoms with E-state index in [2.05, 4.69) is 20.7 Å². The molecule has 0 aliphatic heterocycles. The second-order valence-electron chi connectivity index (χ2n) is 5.48. The summed E-state index contributed by atoms with van der Waals surface area (Å²) in [6, 6.07) is 9.28. The van der Waals surface area contributed by atoms with Crippen LogP contribution in [0.1, 0.15) is 13.8 Å². The Labute approximate surface area is 127 Å². The minimum atomic E-state index is -1.03. The zero-order chi connectivity index (χ0) is 16.2. The first-order valence-corrected chi connectivity index (χ1v) is 6.72. The molecule has 0 unspecified atom stereocenters. The van der Waals surface area contributed by atoms with Crippen LogP contribution in [0.4, 0.5) is 0 Å². The van der Waals surface area contributed by atoms with Crippen LogP contribution in [-0.4, -0.2) is 43.7 Å². The first kappa shape index (κ1) is 15.6. The van der Waals surface area contributed by atoms with Gasteiger partial charge in [-0.2, -0.15) is 4.80 Å². The maximum absolute atomic E-state index is 11.8. The molecular formula is C14H17N5O3. The topological polar surface area (TPSA) is 110 Å². The van der Waals surface area contributed by atoms with E-state index in [0.29, 0.717) is 5.82 Å². The zero-order valence-corrected chi connectivity index (χ0v) is 12.4. The number of nitrogens with zero attached hydrogens (tertiary/aromatic N) is 4. The van der Waals surface area contributed by atoms with Crippen molar-refractivity contribution in [2.45, 2.75) is 20.4 Å². The minimum absolute atomic E-state index is 0.0292. The molecule has 0 bridgehead atoms. The Kier molecular flexibility index (Phi) is 4.50. The average molecular weight is 303 g/mol. The van der Waals surface area contributed by atoms with Crippen molar-refractivity contribution in [1.29, 1.82) is 0 Å². The molecule has 116 valence electrons. The number of tetrazole rings is 1. The first-order valence-electron chi connectivity index (χ1n) is 6.72. The molecule has 0 aliphatic rings. The standard InChI is InChI=1S/C14H17N5O3/c1-14(2,13(21)22)9-15-11(20)8-19-17-12(16-18-19)10-6-4-3-5-7-10/h3-7H,8-9H2,1-2H3,(H,15,20)(H,21,22). The molecule has 8 nitrogen and oxygen atoms in total. The second-order valence-corrected chi connectivity index (χ2v) is 5.48. The highest BCUT2D eigenvalue weighted by atomic mass is 16.4. The predicted octanol–water partition coefficient (Wildman–Crippen LogP) is 0.567. The van der Waals surface area contributed by atoms with Gasteiger partial charge in [0.05, 0.1) is 5.41 Å². The molecule has 1 aromatic carbocycles. The van der Waals surface area contributed by atoms with Crippen LogP contribution in [0.25, 0.3) is 11.4 Å². The van der Waals surface area contributed by atoms with Gasteiger partial charge in [-0.05, 0) is 19.1 Å². The Morgan fingerprint density at radius 3 is 2.59 bits per heavy atom. The molecule has 2 N–H and O–H groups in total. The number of aromatic nitrogens is 4. The summed E-state index contributed by atoms with van der Waals surface area (Å²) in [5.74, 6) is -0.913. The van der Waals surface area contributed by atoms with E-state index in [0.717, 1.165) is 5.56 Å². The molecule has 0 saturated carbocycles. The number of carboxylic acid groups (broad SMARTS) is 1. The Balaban J connectivity index is 1.93. The maximum Gasteiger partial charge on any atom is 0.310 e. The number of carbonyl (C=O) groups is 2. The fraction of sp³-hybridized carbons (Fsp3) is 0.357. The molecule has 1 amide bonds. The molecule has 1 aromatic heterocycles. The summed E-state index contributed by atoms with van der Waals surface area (Å²) >= 11 is 0. The van der Waals surface area contributed by atoms with E-state index in [1.807, 2.05) is 30.3 Å². The summed E-state index contributed by atoms with van der Waals surface area (Å²) in [7, 11) is 0. The van der Waals surface area contributed by atoms with E-state index in [9.17, 15) is 9.59 Å². The van der Waals surface area contributed by atoms with Crippen molar-refractivity contribution in [2.75, 3.05) is 6.54 Å². The average Bonchev–Trinajstić information content (AvgIpc) is 2.94. The van der Waals surface area contributed by atoms with E-state index < -0.39 is 11.4 Å². The summed E-state index contributed by atoms with van der Waals surface area (Å²) in [6.07, 6.45) is 0. The van der Waals surface area contributed by atoms with E-state index in [1.165, 1.54) is 18.6 Å². The largest absolute Gasteiger partial charge is 0.481 e. The van der Waals surface area contributed by atoms with E-state index in [4.69, 9.17) is 5.11 Å². The van der Waals surface area contributed by atoms with Crippen LogP contribution < -0.4 is 5.32 Å². The molecule has 0 radical (unpaired) electrons. The highest BCUT2D eigenvalue weighted by molar-refractivity contribution is 5.78.